The summed E-state index contributed by atoms with van der Waals surface area (Å²) in [6.07, 6.45) is 2.03. The van der Waals surface area contributed by atoms with Crippen LogP contribution in [0.3, 0.4) is 0 Å². The Morgan fingerprint density at radius 3 is 2.65 bits per heavy atom. The lowest BCUT2D eigenvalue weighted by atomic mass is 10.0. The molecule has 0 aliphatic rings. The highest BCUT2D eigenvalue weighted by molar-refractivity contribution is 9.10. The van der Waals surface area contributed by atoms with E-state index < -0.39 is 0 Å². The molecular weight excluding hydrogens is 294 g/mol. The van der Waals surface area contributed by atoms with Crippen molar-refractivity contribution in [3.05, 3.63) is 56.2 Å². The molecule has 90 valence electrons. The van der Waals surface area contributed by atoms with Crippen LogP contribution >= 0.6 is 27.3 Å². The van der Waals surface area contributed by atoms with Crippen molar-refractivity contribution in [3.63, 3.8) is 0 Å². The number of hydrogen-bond donors (Lipinski definition) is 1. The van der Waals surface area contributed by atoms with Gasteiger partial charge in [-0.3, -0.25) is 0 Å². The van der Waals surface area contributed by atoms with Crippen LogP contribution in [0.1, 0.15) is 28.3 Å². The lowest BCUT2D eigenvalue weighted by Gasteiger charge is -2.11. The molecule has 1 nitrogen and oxygen atoms in total. The minimum absolute atomic E-state index is 0.0795. The normalized spacial score (nSPS) is 12.6. The number of benzene rings is 1. The van der Waals surface area contributed by atoms with E-state index in [1.54, 1.807) is 0 Å². The molecule has 1 aromatic heterocycles. The maximum Gasteiger partial charge on any atom is 0.0344 e. The van der Waals surface area contributed by atoms with Crippen molar-refractivity contribution >= 4 is 27.3 Å². The van der Waals surface area contributed by atoms with Crippen molar-refractivity contribution in [3.8, 4) is 0 Å². The van der Waals surface area contributed by atoms with Gasteiger partial charge in [0.1, 0.15) is 0 Å². The monoisotopic (exact) mass is 309 g/mol. The topological polar surface area (TPSA) is 26.0 Å². The van der Waals surface area contributed by atoms with Crippen molar-refractivity contribution in [2.45, 2.75) is 25.8 Å². The largest absolute Gasteiger partial charge is 0.324 e. The summed E-state index contributed by atoms with van der Waals surface area (Å²) in [6, 6.07) is 12.7. The van der Waals surface area contributed by atoms with Gasteiger partial charge >= 0.3 is 0 Å². The van der Waals surface area contributed by atoms with E-state index in [0.29, 0.717) is 0 Å². The Hall–Kier alpha value is -0.640. The zero-order valence-corrected chi connectivity index (χ0v) is 12.2. The molecule has 1 heterocycles. The summed E-state index contributed by atoms with van der Waals surface area (Å²) in [4.78, 5) is 2.80. The second-order valence-corrected chi connectivity index (χ2v) is 6.26. The van der Waals surface area contributed by atoms with Gasteiger partial charge in [-0.05, 0) is 36.2 Å². The van der Waals surface area contributed by atoms with Crippen LogP contribution in [0.5, 0.6) is 0 Å². The highest BCUT2D eigenvalue weighted by Gasteiger charge is 2.09. The molecule has 2 N–H and O–H groups in total. The van der Waals surface area contributed by atoms with E-state index in [0.717, 1.165) is 17.3 Å². The molecule has 2 rings (SSSR count). The van der Waals surface area contributed by atoms with E-state index in [-0.39, 0.29) is 6.04 Å². The average Bonchev–Trinajstić information content (AvgIpc) is 2.77. The summed E-state index contributed by atoms with van der Waals surface area (Å²) in [5.74, 6) is 0. The molecule has 0 radical (unpaired) electrons. The summed E-state index contributed by atoms with van der Waals surface area (Å²) >= 11 is 5.35. The van der Waals surface area contributed by atoms with E-state index in [4.69, 9.17) is 5.73 Å². The molecule has 1 aromatic carbocycles. The van der Waals surface area contributed by atoms with Crippen molar-refractivity contribution in [2.24, 2.45) is 5.73 Å². The molecule has 0 spiro atoms. The van der Waals surface area contributed by atoms with Gasteiger partial charge in [-0.2, -0.15) is 0 Å². The molecule has 2 aromatic rings. The summed E-state index contributed by atoms with van der Waals surface area (Å²) in [5, 5.41) is 0. The molecule has 0 bridgehead atoms. The minimum atomic E-state index is 0.0795. The van der Waals surface area contributed by atoms with Gasteiger partial charge in [0.05, 0.1) is 0 Å². The van der Waals surface area contributed by atoms with Gasteiger partial charge in [0.2, 0.25) is 0 Å². The predicted octanol–water partition coefficient (Wildman–Crippen LogP) is 4.32. The Morgan fingerprint density at radius 2 is 2.00 bits per heavy atom. The fraction of sp³-hybridized carbons (Fsp3) is 0.286. The molecule has 1 atom stereocenters. The maximum atomic E-state index is 6.23. The first-order valence-electron chi connectivity index (χ1n) is 5.77. The summed E-state index contributed by atoms with van der Waals surface area (Å²) in [5.41, 5.74) is 7.42. The molecule has 0 saturated heterocycles. The zero-order valence-electron chi connectivity index (χ0n) is 9.82. The number of thiophene rings is 1. The third kappa shape index (κ3) is 3.41. The maximum absolute atomic E-state index is 6.23. The van der Waals surface area contributed by atoms with Gasteiger partial charge in [0.25, 0.3) is 0 Å². The predicted molar refractivity (Wildman–Crippen MR) is 78.5 cm³/mol. The Bertz CT molecular complexity index is 492. The highest BCUT2D eigenvalue weighted by Crippen LogP contribution is 2.24. The molecule has 1 unspecified atom stereocenters. The van der Waals surface area contributed by atoms with Crippen LogP contribution in [0.2, 0.25) is 0 Å². The van der Waals surface area contributed by atoms with E-state index in [9.17, 15) is 0 Å². The average molecular weight is 310 g/mol. The number of hydrogen-bond acceptors (Lipinski definition) is 2. The molecule has 0 aliphatic heterocycles. The van der Waals surface area contributed by atoms with Crippen LogP contribution < -0.4 is 5.73 Å². The Kier molecular flexibility index (Phi) is 4.37. The smallest absolute Gasteiger partial charge is 0.0344 e. The zero-order chi connectivity index (χ0) is 12.3. The first-order chi connectivity index (χ1) is 8.19. The van der Waals surface area contributed by atoms with Gasteiger partial charge in [-0.15, -0.1) is 11.3 Å². The third-order valence-corrected chi connectivity index (χ3v) is 4.51. The van der Waals surface area contributed by atoms with Crippen molar-refractivity contribution < 1.29 is 0 Å². The van der Waals surface area contributed by atoms with Crippen LogP contribution in [0, 0.1) is 0 Å². The van der Waals surface area contributed by atoms with Crippen LogP contribution in [-0.4, -0.2) is 0 Å². The molecule has 0 amide bonds. The van der Waals surface area contributed by atoms with Gasteiger partial charge in [0.15, 0.2) is 0 Å². The van der Waals surface area contributed by atoms with E-state index >= 15 is 0 Å². The number of halogens is 1. The Morgan fingerprint density at radius 1 is 1.24 bits per heavy atom. The number of nitrogens with two attached hydrogens (primary N) is 1. The molecular formula is C14H16BrNS. The second-order valence-electron chi connectivity index (χ2n) is 4.09. The van der Waals surface area contributed by atoms with Gasteiger partial charge in [-0.25, -0.2) is 0 Å². The molecule has 3 heteroatoms. The highest BCUT2D eigenvalue weighted by atomic mass is 79.9. The molecule has 0 fully saturated rings. The quantitative estimate of drug-likeness (QED) is 0.894. The molecule has 17 heavy (non-hydrogen) atoms. The van der Waals surface area contributed by atoms with Crippen molar-refractivity contribution in [1.29, 1.82) is 0 Å². The first kappa shape index (κ1) is 12.8. The summed E-state index contributed by atoms with van der Waals surface area (Å²) in [6.45, 7) is 2.18. The summed E-state index contributed by atoms with van der Waals surface area (Å²) < 4.78 is 1.09. The number of aryl methyl sites for hydroxylation is 1. The third-order valence-electron chi connectivity index (χ3n) is 2.76. The molecule has 0 aliphatic carbocycles. The van der Waals surface area contributed by atoms with E-state index in [2.05, 4.69) is 47.1 Å². The van der Waals surface area contributed by atoms with Crippen LogP contribution in [-0.2, 0) is 12.8 Å². The van der Waals surface area contributed by atoms with Crippen LogP contribution in [0.4, 0.5) is 0 Å². The standard InChI is InChI=1S/C14H16BrNS/c1-2-12-6-7-13(17-12)9-14(16)10-4-3-5-11(15)8-10/h3-8,14H,2,9,16H2,1H3. The van der Waals surface area contributed by atoms with Gasteiger partial charge < -0.3 is 5.73 Å². The van der Waals surface area contributed by atoms with Gasteiger partial charge in [-0.1, -0.05) is 35.0 Å². The second kappa shape index (κ2) is 5.80. The van der Waals surface area contributed by atoms with Crippen molar-refractivity contribution in [1.82, 2.24) is 0 Å². The minimum Gasteiger partial charge on any atom is -0.324 e. The molecule has 0 saturated carbocycles. The lowest BCUT2D eigenvalue weighted by molar-refractivity contribution is 0.730. The lowest BCUT2D eigenvalue weighted by Crippen LogP contribution is -2.12. The Labute approximate surface area is 115 Å². The fourth-order valence-corrected chi connectivity index (χ4v) is 3.23. The fourth-order valence-electron chi connectivity index (χ4n) is 1.79. The van der Waals surface area contributed by atoms with E-state index in [1.807, 2.05) is 23.5 Å². The van der Waals surface area contributed by atoms with E-state index in [1.165, 1.54) is 15.3 Å². The van der Waals surface area contributed by atoms with Gasteiger partial charge in [0, 0.05) is 26.7 Å². The SMILES string of the molecule is CCc1ccc(CC(N)c2cccc(Br)c2)s1. The number of rotatable bonds is 4. The van der Waals surface area contributed by atoms with Crippen molar-refractivity contribution in [2.75, 3.05) is 0 Å². The van der Waals surface area contributed by atoms with Crippen LogP contribution in [0.25, 0.3) is 0 Å². The Balaban J connectivity index is 2.08. The first-order valence-corrected chi connectivity index (χ1v) is 7.38. The van der Waals surface area contributed by atoms with Crippen LogP contribution in [0.15, 0.2) is 40.9 Å². The summed E-state index contributed by atoms with van der Waals surface area (Å²) in [7, 11) is 0.